The molecule has 0 bridgehead atoms. The van der Waals surface area contributed by atoms with Crippen LogP contribution in [0, 0.1) is 17.8 Å². The molecule has 4 nitrogen and oxygen atoms in total. The van der Waals surface area contributed by atoms with Gasteiger partial charge >= 0.3 is 6.18 Å². The molecule has 0 radical (unpaired) electrons. The van der Waals surface area contributed by atoms with E-state index < -0.39 is 42.4 Å². The maximum Gasteiger partial charge on any atom is 0.411 e. The number of halogens is 3. The fraction of sp³-hybridized carbons (Fsp3) is 0.842. The maximum absolute atomic E-state index is 12.6. The van der Waals surface area contributed by atoms with Crippen LogP contribution >= 0.6 is 0 Å². The van der Waals surface area contributed by atoms with Crippen LogP contribution in [0.25, 0.3) is 0 Å². The molecule has 26 heavy (non-hydrogen) atoms. The van der Waals surface area contributed by atoms with Gasteiger partial charge < -0.3 is 14.9 Å². The van der Waals surface area contributed by atoms with Gasteiger partial charge in [0.2, 0.25) is 0 Å². The van der Waals surface area contributed by atoms with Crippen LogP contribution < -0.4 is 0 Å². The Balaban J connectivity index is 1.68. The Hall–Kier alpha value is -0.920. The van der Waals surface area contributed by atoms with Gasteiger partial charge in [-0.2, -0.15) is 13.2 Å². The Morgan fingerprint density at radius 1 is 1.23 bits per heavy atom. The van der Waals surface area contributed by atoms with Gasteiger partial charge in [-0.25, -0.2) is 0 Å². The zero-order chi connectivity index (χ0) is 18.9. The van der Waals surface area contributed by atoms with E-state index in [0.717, 1.165) is 25.7 Å². The predicted molar refractivity (Wildman–Crippen MR) is 88.3 cm³/mol. The van der Waals surface area contributed by atoms with Gasteiger partial charge in [0, 0.05) is 18.3 Å². The van der Waals surface area contributed by atoms with Crippen molar-refractivity contribution in [1.82, 2.24) is 0 Å². The number of ketones is 1. The third-order valence-corrected chi connectivity index (χ3v) is 6.35. The second-order valence-corrected chi connectivity index (χ2v) is 7.98. The Kier molecular flexibility index (Phi) is 5.80. The molecule has 2 N–H and O–H groups in total. The minimum Gasteiger partial charge on any atom is -0.393 e. The number of carbonyl (C=O) groups is 1. The Bertz CT molecular complexity index is 541. The zero-order valence-electron chi connectivity index (χ0n) is 14.8. The van der Waals surface area contributed by atoms with Gasteiger partial charge in [0.15, 0.2) is 5.78 Å². The first-order valence-electron chi connectivity index (χ1n) is 9.51. The maximum atomic E-state index is 12.6. The molecule has 0 heterocycles. The molecule has 3 aliphatic carbocycles. The van der Waals surface area contributed by atoms with Gasteiger partial charge in [-0.05, 0) is 31.6 Å². The van der Waals surface area contributed by atoms with Crippen LogP contribution in [0.1, 0.15) is 51.4 Å². The average Bonchev–Trinajstić information content (AvgIpc) is 2.60. The summed E-state index contributed by atoms with van der Waals surface area (Å²) in [7, 11) is 0. The van der Waals surface area contributed by atoms with Crippen molar-refractivity contribution in [2.45, 2.75) is 75.4 Å². The second kappa shape index (κ2) is 7.60. The normalized spacial score (nSPS) is 37.4. The highest BCUT2D eigenvalue weighted by molar-refractivity contribution is 5.94. The number of fused-ring (bicyclic) bond motifs is 1. The minimum atomic E-state index is -4.49. The van der Waals surface area contributed by atoms with Crippen molar-refractivity contribution in [1.29, 1.82) is 0 Å². The van der Waals surface area contributed by atoms with Crippen molar-refractivity contribution in [3.63, 3.8) is 0 Å². The summed E-state index contributed by atoms with van der Waals surface area (Å²) in [5, 5.41) is 20.7. The van der Waals surface area contributed by atoms with E-state index in [1.807, 2.05) is 0 Å². The number of carbonyl (C=O) groups excluding carboxylic acids is 1. The van der Waals surface area contributed by atoms with Crippen LogP contribution in [-0.2, 0) is 9.53 Å². The smallest absolute Gasteiger partial charge is 0.393 e. The van der Waals surface area contributed by atoms with Crippen LogP contribution in [0.5, 0.6) is 0 Å². The summed E-state index contributed by atoms with van der Waals surface area (Å²) in [6.45, 7) is -1.45. The lowest BCUT2D eigenvalue weighted by Gasteiger charge is -2.54. The van der Waals surface area contributed by atoms with Gasteiger partial charge in [0.25, 0.3) is 0 Å². The van der Waals surface area contributed by atoms with Crippen LogP contribution in [0.15, 0.2) is 12.2 Å². The fourth-order valence-electron chi connectivity index (χ4n) is 4.82. The topological polar surface area (TPSA) is 66.8 Å². The molecule has 3 saturated carbocycles. The fourth-order valence-corrected chi connectivity index (χ4v) is 4.82. The van der Waals surface area contributed by atoms with E-state index in [2.05, 4.69) is 0 Å². The summed E-state index contributed by atoms with van der Waals surface area (Å²) in [6, 6.07) is 0. The van der Waals surface area contributed by atoms with Gasteiger partial charge in [-0.1, -0.05) is 31.4 Å². The molecule has 7 heteroatoms. The van der Waals surface area contributed by atoms with Crippen molar-refractivity contribution in [3.8, 4) is 0 Å². The van der Waals surface area contributed by atoms with Crippen LogP contribution in [0.4, 0.5) is 13.2 Å². The molecule has 3 fully saturated rings. The molecule has 0 aromatic heterocycles. The molecule has 0 aromatic rings. The molecule has 0 aliphatic heterocycles. The predicted octanol–water partition coefficient (Wildman–Crippen LogP) is 3.16. The van der Waals surface area contributed by atoms with Crippen LogP contribution in [0.2, 0.25) is 0 Å². The van der Waals surface area contributed by atoms with Gasteiger partial charge in [0.1, 0.15) is 12.2 Å². The Labute approximate surface area is 151 Å². The van der Waals surface area contributed by atoms with E-state index in [9.17, 15) is 28.2 Å². The molecule has 3 rings (SSSR count). The first-order chi connectivity index (χ1) is 12.2. The first-order valence-corrected chi connectivity index (χ1v) is 9.51. The summed E-state index contributed by atoms with van der Waals surface area (Å²) >= 11 is 0. The van der Waals surface area contributed by atoms with Crippen molar-refractivity contribution >= 4 is 5.78 Å². The lowest BCUT2D eigenvalue weighted by Crippen LogP contribution is -2.65. The lowest BCUT2D eigenvalue weighted by atomic mass is 9.55. The van der Waals surface area contributed by atoms with Crippen molar-refractivity contribution < 1.29 is 32.9 Å². The largest absolute Gasteiger partial charge is 0.411 e. The number of rotatable bonds is 5. The van der Waals surface area contributed by atoms with Crippen molar-refractivity contribution in [3.05, 3.63) is 12.2 Å². The quantitative estimate of drug-likeness (QED) is 0.724. The molecule has 148 valence electrons. The summed E-state index contributed by atoms with van der Waals surface area (Å²) < 4.78 is 42.7. The number of alkyl halides is 3. The van der Waals surface area contributed by atoms with Crippen LogP contribution in [-0.4, -0.2) is 46.6 Å². The van der Waals surface area contributed by atoms with E-state index in [-0.39, 0.29) is 31.0 Å². The molecule has 5 atom stereocenters. The second-order valence-electron chi connectivity index (χ2n) is 7.98. The van der Waals surface area contributed by atoms with Gasteiger partial charge in [0.05, 0.1) is 12.2 Å². The zero-order valence-corrected chi connectivity index (χ0v) is 14.8. The van der Waals surface area contributed by atoms with Gasteiger partial charge in [-0.15, -0.1) is 0 Å². The minimum absolute atomic E-state index is 0.114. The molecular formula is C19H27F3O4. The summed E-state index contributed by atoms with van der Waals surface area (Å²) in [6.07, 6.45) is 3.24. The number of Topliss-reactive ketones (excluding diaryl/α,β-unsaturated/α-hetero) is 1. The number of ether oxygens (including phenoxy) is 1. The van der Waals surface area contributed by atoms with Crippen molar-refractivity contribution in [2.75, 3.05) is 6.61 Å². The number of aliphatic hydroxyl groups is 2. The van der Waals surface area contributed by atoms with E-state index in [0.29, 0.717) is 0 Å². The number of aliphatic hydroxyl groups excluding tert-OH is 2. The standard InChI is InChI=1S/C19H27F3O4/c20-19(21,22)11-26-18-9-8-16(24)13(14(18)10-17(18)25)6-7-15(23)12-4-2-1-3-5-12/h6-7,12-16,23-24H,1-5,8-11H2/b7-6+/t13-,14-,15+,16-,18-/m0/s1. The third kappa shape index (κ3) is 3.99. The molecule has 0 unspecified atom stereocenters. The highest BCUT2D eigenvalue weighted by atomic mass is 19.4. The number of hydrogen-bond acceptors (Lipinski definition) is 4. The number of hydrogen-bond donors (Lipinski definition) is 2. The summed E-state index contributed by atoms with van der Waals surface area (Å²) in [4.78, 5) is 12.1. The summed E-state index contributed by atoms with van der Waals surface area (Å²) in [5.74, 6) is -1.05. The molecule has 3 aliphatic rings. The van der Waals surface area contributed by atoms with Gasteiger partial charge in [-0.3, -0.25) is 4.79 Å². The Morgan fingerprint density at radius 3 is 2.54 bits per heavy atom. The van der Waals surface area contributed by atoms with Crippen molar-refractivity contribution in [2.24, 2.45) is 17.8 Å². The monoisotopic (exact) mass is 376 g/mol. The molecule has 0 amide bonds. The molecular weight excluding hydrogens is 349 g/mol. The lowest BCUT2D eigenvalue weighted by molar-refractivity contribution is -0.243. The SMILES string of the molecule is O=C1C[C@H]2[C@H](/C=C/[C@@H](O)C3CCCCC3)[C@@H](O)CC[C@@]12OCC(F)(F)F. The molecule has 0 aromatic carbocycles. The molecule has 0 saturated heterocycles. The van der Waals surface area contributed by atoms with E-state index in [4.69, 9.17) is 4.74 Å². The van der Waals surface area contributed by atoms with E-state index >= 15 is 0 Å². The average molecular weight is 376 g/mol. The third-order valence-electron chi connectivity index (χ3n) is 6.35. The highest BCUT2D eigenvalue weighted by Crippen LogP contribution is 2.52. The molecule has 0 spiro atoms. The van der Waals surface area contributed by atoms with E-state index in [1.165, 1.54) is 6.42 Å². The Morgan fingerprint density at radius 2 is 1.92 bits per heavy atom. The highest BCUT2D eigenvalue weighted by Gasteiger charge is 2.62. The van der Waals surface area contributed by atoms with E-state index in [1.54, 1.807) is 12.2 Å². The summed E-state index contributed by atoms with van der Waals surface area (Å²) in [5.41, 5.74) is -1.43. The first kappa shape index (κ1) is 19.8. The van der Waals surface area contributed by atoms with Crippen LogP contribution in [0.3, 0.4) is 0 Å².